The van der Waals surface area contributed by atoms with Gasteiger partial charge >= 0.3 is 6.18 Å². The first-order chi connectivity index (χ1) is 12.2. The van der Waals surface area contributed by atoms with Gasteiger partial charge in [-0.1, -0.05) is 23.4 Å². The highest BCUT2D eigenvalue weighted by Gasteiger charge is 2.29. The third kappa shape index (κ3) is 4.35. The average molecular weight is 403 g/mol. The van der Waals surface area contributed by atoms with Crippen molar-refractivity contribution in [2.45, 2.75) is 39.0 Å². The lowest BCUT2D eigenvalue weighted by molar-refractivity contribution is -0.129. The molecule has 1 aliphatic rings. The number of alkyl halides is 3. The highest BCUT2D eigenvalue weighted by Crippen LogP contribution is 2.35. The predicted octanol–water partition coefficient (Wildman–Crippen LogP) is 5.81. The molecule has 1 aromatic carbocycles. The molecule has 0 radical (unpaired) electrons. The van der Waals surface area contributed by atoms with Gasteiger partial charge in [0.25, 0.3) is 0 Å². The molecule has 0 N–H and O–H groups in total. The third-order valence-corrected chi connectivity index (χ3v) is 5.12. The predicted molar refractivity (Wildman–Crippen MR) is 100 cm³/mol. The molecular formula is C17H18ClF3N4S. The lowest BCUT2D eigenvalue weighted by atomic mass is 10.2. The van der Waals surface area contributed by atoms with E-state index < -0.39 is 12.6 Å². The van der Waals surface area contributed by atoms with Crippen LogP contribution >= 0.6 is 23.4 Å². The van der Waals surface area contributed by atoms with E-state index in [-0.39, 0.29) is 11.8 Å². The van der Waals surface area contributed by atoms with Crippen LogP contribution < -0.4 is 4.90 Å². The van der Waals surface area contributed by atoms with Crippen molar-refractivity contribution in [3.05, 3.63) is 41.3 Å². The fourth-order valence-corrected chi connectivity index (χ4v) is 3.68. The van der Waals surface area contributed by atoms with Gasteiger partial charge < -0.3 is 9.47 Å². The van der Waals surface area contributed by atoms with Gasteiger partial charge in [0.15, 0.2) is 11.0 Å². The molecule has 9 heteroatoms. The van der Waals surface area contributed by atoms with Gasteiger partial charge in [-0.25, -0.2) is 9.98 Å². The Hall–Kier alpha value is -1.67. The number of imidazole rings is 1. The van der Waals surface area contributed by atoms with E-state index in [4.69, 9.17) is 11.6 Å². The Morgan fingerprint density at radius 1 is 1.23 bits per heavy atom. The summed E-state index contributed by atoms with van der Waals surface area (Å²) in [5.41, 5.74) is 1.62. The minimum absolute atomic E-state index is 0.0857. The smallest absolute Gasteiger partial charge is 0.315 e. The van der Waals surface area contributed by atoms with E-state index in [0.717, 1.165) is 23.1 Å². The van der Waals surface area contributed by atoms with Crippen molar-refractivity contribution in [2.75, 3.05) is 10.7 Å². The normalized spacial score (nSPS) is 14.6. The zero-order chi connectivity index (χ0) is 18.9. The molecule has 0 spiro atoms. The molecule has 1 aromatic heterocycles. The van der Waals surface area contributed by atoms with E-state index in [0.29, 0.717) is 22.6 Å². The van der Waals surface area contributed by atoms with Crippen LogP contribution in [0.25, 0.3) is 0 Å². The minimum atomic E-state index is -4.18. The summed E-state index contributed by atoms with van der Waals surface area (Å²) in [6, 6.07) is 7.31. The van der Waals surface area contributed by atoms with Crippen molar-refractivity contribution in [2.24, 2.45) is 4.99 Å². The van der Waals surface area contributed by atoms with Crippen molar-refractivity contribution < 1.29 is 13.2 Å². The van der Waals surface area contributed by atoms with Gasteiger partial charge in [-0.2, -0.15) is 13.2 Å². The average Bonchev–Trinajstić information content (AvgIpc) is 2.97. The number of halogens is 4. The molecule has 0 aliphatic carbocycles. The number of benzene rings is 1. The van der Waals surface area contributed by atoms with Gasteiger partial charge in [0, 0.05) is 22.5 Å². The Balaban J connectivity index is 1.92. The van der Waals surface area contributed by atoms with Gasteiger partial charge in [0.1, 0.15) is 5.69 Å². The van der Waals surface area contributed by atoms with Crippen LogP contribution in [0.4, 0.5) is 24.7 Å². The van der Waals surface area contributed by atoms with E-state index in [1.54, 1.807) is 18.5 Å². The quantitative estimate of drug-likeness (QED) is 0.647. The summed E-state index contributed by atoms with van der Waals surface area (Å²) in [6.45, 7) is 4.48. The molecule has 4 nitrogen and oxygen atoms in total. The van der Waals surface area contributed by atoms with Crippen LogP contribution in [0, 0.1) is 0 Å². The zero-order valence-corrected chi connectivity index (χ0v) is 15.9. The summed E-state index contributed by atoms with van der Waals surface area (Å²) < 4.78 is 39.5. The Kier molecular flexibility index (Phi) is 5.53. The minimum Gasteiger partial charge on any atom is -0.315 e. The number of hydrogen-bond acceptors (Lipinski definition) is 4. The van der Waals surface area contributed by atoms with Crippen LogP contribution in [0.3, 0.4) is 0 Å². The maximum atomic E-state index is 12.5. The second-order valence-electron chi connectivity index (χ2n) is 6.19. The molecule has 0 bridgehead atoms. The molecule has 0 fully saturated rings. The second-order valence-corrected chi connectivity index (χ2v) is 7.68. The molecule has 2 heterocycles. The number of rotatable bonds is 4. The SMILES string of the molecule is CC(C)n1cnc2c1N=C(SCCC(F)(F)F)N(c1ccc(Cl)cc1)C2. The number of nitrogens with zero attached hydrogens (tertiary/aromatic N) is 4. The fourth-order valence-electron chi connectivity index (χ4n) is 2.56. The lowest BCUT2D eigenvalue weighted by Crippen LogP contribution is -2.31. The summed E-state index contributed by atoms with van der Waals surface area (Å²) in [6.07, 6.45) is -3.32. The van der Waals surface area contributed by atoms with E-state index in [1.165, 1.54) is 0 Å². The van der Waals surface area contributed by atoms with Crippen LogP contribution in [0.2, 0.25) is 5.02 Å². The fraction of sp³-hybridized carbons (Fsp3) is 0.412. The molecule has 3 rings (SSSR count). The molecule has 0 amide bonds. The number of aromatic nitrogens is 2. The van der Waals surface area contributed by atoms with Crippen molar-refractivity contribution in [1.82, 2.24) is 9.55 Å². The molecule has 1 aliphatic heterocycles. The molecule has 0 atom stereocenters. The Morgan fingerprint density at radius 3 is 2.54 bits per heavy atom. The van der Waals surface area contributed by atoms with Crippen molar-refractivity contribution in [3.63, 3.8) is 0 Å². The first-order valence-corrected chi connectivity index (χ1v) is 9.48. The largest absolute Gasteiger partial charge is 0.389 e. The molecule has 26 heavy (non-hydrogen) atoms. The van der Waals surface area contributed by atoms with Gasteiger partial charge in [0.05, 0.1) is 19.3 Å². The number of thioether (sulfide) groups is 1. The monoisotopic (exact) mass is 402 g/mol. The summed E-state index contributed by atoms with van der Waals surface area (Å²) in [5, 5.41) is 1.13. The highest BCUT2D eigenvalue weighted by molar-refractivity contribution is 8.14. The van der Waals surface area contributed by atoms with Gasteiger partial charge in [-0.3, -0.25) is 0 Å². The van der Waals surface area contributed by atoms with Crippen molar-refractivity contribution in [1.29, 1.82) is 0 Å². The van der Waals surface area contributed by atoms with Gasteiger partial charge in [-0.15, -0.1) is 0 Å². The summed E-state index contributed by atoms with van der Waals surface area (Å²) in [5.74, 6) is 0.622. The first-order valence-electron chi connectivity index (χ1n) is 8.11. The number of amidine groups is 1. The number of fused-ring (bicyclic) bond motifs is 1. The van der Waals surface area contributed by atoms with Crippen LogP contribution in [0.1, 0.15) is 32.0 Å². The van der Waals surface area contributed by atoms with Crippen LogP contribution in [0.5, 0.6) is 0 Å². The first kappa shape index (κ1) is 19.1. The molecule has 2 aromatic rings. The van der Waals surface area contributed by atoms with Crippen LogP contribution in [0.15, 0.2) is 35.6 Å². The summed E-state index contributed by atoms with van der Waals surface area (Å²) in [7, 11) is 0. The standard InChI is InChI=1S/C17H18ClF3N4S/c1-11(2)25-10-22-14-9-24(13-5-3-12(18)4-6-13)16(23-15(14)25)26-8-7-17(19,20)21/h3-6,10-11H,7-9H2,1-2H3. The Labute approximate surface area is 159 Å². The van der Waals surface area contributed by atoms with Crippen LogP contribution in [-0.2, 0) is 6.54 Å². The molecule has 0 unspecified atom stereocenters. The van der Waals surface area contributed by atoms with Crippen LogP contribution in [-0.4, -0.2) is 26.6 Å². The number of hydrogen-bond donors (Lipinski definition) is 0. The summed E-state index contributed by atoms with van der Waals surface area (Å²) in [4.78, 5) is 10.9. The lowest BCUT2D eigenvalue weighted by Gasteiger charge is -2.29. The van der Waals surface area contributed by atoms with Gasteiger partial charge in [-0.05, 0) is 38.1 Å². The highest BCUT2D eigenvalue weighted by atomic mass is 35.5. The van der Waals surface area contributed by atoms with E-state index >= 15 is 0 Å². The second kappa shape index (κ2) is 7.52. The maximum absolute atomic E-state index is 12.5. The number of anilines is 1. The van der Waals surface area contributed by atoms with E-state index in [2.05, 4.69) is 9.98 Å². The van der Waals surface area contributed by atoms with Crippen molar-refractivity contribution in [3.8, 4) is 0 Å². The Bertz CT molecular complexity index is 799. The Morgan fingerprint density at radius 2 is 1.92 bits per heavy atom. The molecule has 0 saturated carbocycles. The zero-order valence-electron chi connectivity index (χ0n) is 14.3. The van der Waals surface area contributed by atoms with Crippen molar-refractivity contribution >= 4 is 40.0 Å². The summed E-state index contributed by atoms with van der Waals surface area (Å²) >= 11 is 7.05. The maximum Gasteiger partial charge on any atom is 0.389 e. The van der Waals surface area contributed by atoms with E-state index in [9.17, 15) is 13.2 Å². The molecule has 0 saturated heterocycles. The van der Waals surface area contributed by atoms with E-state index in [1.807, 2.05) is 35.4 Å². The van der Waals surface area contributed by atoms with Gasteiger partial charge in [0.2, 0.25) is 0 Å². The molecular weight excluding hydrogens is 385 g/mol. The third-order valence-electron chi connectivity index (χ3n) is 3.89. The topological polar surface area (TPSA) is 33.4 Å². The molecule has 140 valence electrons. The number of aliphatic imine (C=N–C) groups is 1.